The molecule has 0 saturated carbocycles. The summed E-state index contributed by atoms with van der Waals surface area (Å²) in [5.74, 6) is 0.628. The smallest absolute Gasteiger partial charge is 0.162 e. The number of benzene rings is 8. The van der Waals surface area contributed by atoms with Gasteiger partial charge in [0, 0.05) is 49.0 Å². The molecular weight excluding hydrogens is 825 g/mol. The highest BCUT2D eigenvalue weighted by molar-refractivity contribution is 14.1. The van der Waals surface area contributed by atoms with Crippen LogP contribution in [-0.4, -0.2) is 14.5 Å². The molecule has 5 nitrogen and oxygen atoms in total. The fourth-order valence-corrected chi connectivity index (χ4v) is 9.58. The molecule has 0 radical (unpaired) electrons. The number of rotatable bonds is 5. The van der Waals surface area contributed by atoms with E-state index >= 15 is 0 Å². The van der Waals surface area contributed by atoms with Gasteiger partial charge in [0.25, 0.3) is 0 Å². The van der Waals surface area contributed by atoms with Gasteiger partial charge in [-0.2, -0.15) is 0 Å². The van der Waals surface area contributed by atoms with Crippen LogP contribution in [-0.2, 0) is 0 Å². The van der Waals surface area contributed by atoms with E-state index in [2.05, 4.69) is 179 Å². The van der Waals surface area contributed by atoms with Crippen LogP contribution in [0.25, 0.3) is 116 Å². The van der Waals surface area contributed by atoms with E-state index in [1.807, 2.05) is 30.3 Å². The Hall–Kier alpha value is -7.03. The normalized spacial score (nSPS) is 11.9. The van der Waals surface area contributed by atoms with E-state index in [0.29, 0.717) is 5.82 Å². The molecule has 0 saturated heterocycles. The Morgan fingerprint density at radius 1 is 0.431 bits per heavy atom. The van der Waals surface area contributed by atoms with Crippen molar-refractivity contribution in [2.75, 3.05) is 0 Å². The summed E-state index contributed by atoms with van der Waals surface area (Å²) in [6.45, 7) is 0. The molecule has 0 bridgehead atoms. The zero-order valence-corrected chi connectivity index (χ0v) is 33.0. The number of para-hydroxylation sites is 3. The second-order valence-corrected chi connectivity index (χ2v) is 15.7. The largest absolute Gasteiger partial charge is 0.456 e. The molecule has 0 aliphatic heterocycles. The summed E-state index contributed by atoms with van der Waals surface area (Å²) in [6.07, 6.45) is 0. The van der Waals surface area contributed by atoms with Crippen molar-refractivity contribution in [3.05, 3.63) is 186 Å². The number of aromatic nitrogens is 3. The lowest BCUT2D eigenvalue weighted by Gasteiger charge is -2.16. The molecule has 12 aromatic rings. The van der Waals surface area contributed by atoms with E-state index in [0.717, 1.165) is 114 Å². The second kappa shape index (κ2) is 13.0. The van der Waals surface area contributed by atoms with Gasteiger partial charge in [0.1, 0.15) is 16.7 Å². The van der Waals surface area contributed by atoms with Crippen LogP contribution in [0.3, 0.4) is 0 Å². The molecule has 0 N–H and O–H groups in total. The number of furan rings is 2. The number of hydrogen-bond donors (Lipinski definition) is 0. The van der Waals surface area contributed by atoms with Gasteiger partial charge in [-0.05, 0) is 82.2 Å². The SMILES string of the molecule is Ic1c(-c2ccccc2)nc(-c2ccccc2-n2c3ccccc3c3ccc4c5ccccc5oc4c32)nc1-c1ccc2c(c1)oc1cccc(-c3ccccc3)c12. The van der Waals surface area contributed by atoms with Gasteiger partial charge in [0.2, 0.25) is 0 Å². The highest BCUT2D eigenvalue weighted by atomic mass is 127. The summed E-state index contributed by atoms with van der Waals surface area (Å²) in [4.78, 5) is 10.8. The van der Waals surface area contributed by atoms with E-state index < -0.39 is 0 Å². The topological polar surface area (TPSA) is 57.0 Å². The average molecular weight is 856 g/mol. The molecule has 12 rings (SSSR count). The summed E-state index contributed by atoms with van der Waals surface area (Å²) in [5, 5.41) is 6.64. The Morgan fingerprint density at radius 2 is 1.07 bits per heavy atom. The monoisotopic (exact) mass is 855 g/mol. The highest BCUT2D eigenvalue weighted by Crippen LogP contribution is 2.44. The predicted octanol–water partition coefficient (Wildman–Crippen LogP) is 14.6. The number of halogens is 1. The molecule has 272 valence electrons. The number of fused-ring (bicyclic) bond motifs is 10. The van der Waals surface area contributed by atoms with Crippen LogP contribution >= 0.6 is 22.6 Å². The first kappa shape index (κ1) is 33.1. The highest BCUT2D eigenvalue weighted by Gasteiger charge is 2.24. The summed E-state index contributed by atoms with van der Waals surface area (Å²) < 4.78 is 16.6. The van der Waals surface area contributed by atoms with Crippen molar-refractivity contribution in [1.82, 2.24) is 14.5 Å². The van der Waals surface area contributed by atoms with Crippen LogP contribution in [0.15, 0.2) is 191 Å². The van der Waals surface area contributed by atoms with Gasteiger partial charge in [0.15, 0.2) is 11.4 Å². The van der Waals surface area contributed by atoms with Gasteiger partial charge in [-0.3, -0.25) is 0 Å². The summed E-state index contributed by atoms with van der Waals surface area (Å²) in [5.41, 5.74) is 13.4. The third kappa shape index (κ3) is 5.01. The number of hydrogen-bond acceptors (Lipinski definition) is 4. The van der Waals surface area contributed by atoms with E-state index in [1.54, 1.807) is 0 Å². The Morgan fingerprint density at radius 3 is 1.91 bits per heavy atom. The maximum Gasteiger partial charge on any atom is 0.162 e. The lowest BCUT2D eigenvalue weighted by Crippen LogP contribution is -2.03. The van der Waals surface area contributed by atoms with Crippen LogP contribution in [0, 0.1) is 3.57 Å². The van der Waals surface area contributed by atoms with Crippen LogP contribution in [0.4, 0.5) is 0 Å². The molecule has 0 spiro atoms. The molecule has 8 aromatic carbocycles. The summed E-state index contributed by atoms with van der Waals surface area (Å²) in [7, 11) is 0. The number of nitrogens with zero attached hydrogens (tertiary/aromatic N) is 3. The lowest BCUT2D eigenvalue weighted by atomic mass is 9.98. The Kier molecular flexibility index (Phi) is 7.43. The zero-order chi connectivity index (χ0) is 38.3. The maximum atomic E-state index is 6.70. The molecule has 0 amide bonds. The van der Waals surface area contributed by atoms with Crippen molar-refractivity contribution in [2.45, 2.75) is 0 Å². The van der Waals surface area contributed by atoms with Gasteiger partial charge in [0.05, 0.1) is 31.7 Å². The van der Waals surface area contributed by atoms with Gasteiger partial charge in [-0.25, -0.2) is 9.97 Å². The minimum absolute atomic E-state index is 0.628. The fourth-order valence-electron chi connectivity index (χ4n) is 8.72. The Bertz CT molecular complexity index is 3580. The van der Waals surface area contributed by atoms with Crippen molar-refractivity contribution < 1.29 is 8.83 Å². The Balaban J connectivity index is 1.11. The first-order valence-electron chi connectivity index (χ1n) is 19.3. The van der Waals surface area contributed by atoms with Gasteiger partial charge >= 0.3 is 0 Å². The zero-order valence-electron chi connectivity index (χ0n) is 30.9. The molecule has 4 aromatic heterocycles. The van der Waals surface area contributed by atoms with Crippen molar-refractivity contribution in [2.24, 2.45) is 0 Å². The molecular formula is C52H30IN3O2. The third-order valence-corrected chi connectivity index (χ3v) is 12.3. The van der Waals surface area contributed by atoms with Crippen molar-refractivity contribution in [3.63, 3.8) is 0 Å². The molecule has 0 aliphatic rings. The van der Waals surface area contributed by atoms with Crippen molar-refractivity contribution in [3.8, 4) is 50.7 Å². The van der Waals surface area contributed by atoms with Gasteiger partial charge < -0.3 is 13.4 Å². The molecule has 0 unspecified atom stereocenters. The predicted molar refractivity (Wildman–Crippen MR) is 245 cm³/mol. The summed E-state index contributed by atoms with van der Waals surface area (Å²) in [6, 6.07) is 63.3. The van der Waals surface area contributed by atoms with E-state index in [-0.39, 0.29) is 0 Å². The average Bonchev–Trinajstić information content (AvgIpc) is 3.96. The minimum Gasteiger partial charge on any atom is -0.456 e. The molecule has 0 fully saturated rings. The molecule has 0 aliphatic carbocycles. The van der Waals surface area contributed by atoms with Crippen LogP contribution in [0.5, 0.6) is 0 Å². The Labute approximate surface area is 346 Å². The third-order valence-electron chi connectivity index (χ3n) is 11.3. The standard InChI is InChI=1S/C52H30IN3O2/c53-47-48(32-16-5-2-6-17-32)54-52(55-49(47)33-26-27-40-45(30-33)57-44-25-13-21-34(46(40)44)31-14-3-1-4-15-31)39-20-8-11-23-42(39)56-41-22-10-7-18-35(41)37-28-29-38-36-19-9-12-24-43(36)58-51(38)50(37)56/h1-30H. The van der Waals surface area contributed by atoms with Crippen molar-refractivity contribution >= 4 is 88.3 Å². The minimum atomic E-state index is 0.628. The van der Waals surface area contributed by atoms with Gasteiger partial charge in [-0.1, -0.05) is 133 Å². The lowest BCUT2D eigenvalue weighted by molar-refractivity contribution is 0.669. The molecule has 4 heterocycles. The van der Waals surface area contributed by atoms with Crippen LogP contribution < -0.4 is 0 Å². The molecule has 6 heteroatoms. The quantitative estimate of drug-likeness (QED) is 0.162. The molecule has 58 heavy (non-hydrogen) atoms. The second-order valence-electron chi connectivity index (χ2n) is 14.6. The van der Waals surface area contributed by atoms with Crippen molar-refractivity contribution in [1.29, 1.82) is 0 Å². The van der Waals surface area contributed by atoms with E-state index in [1.165, 1.54) is 0 Å². The maximum absolute atomic E-state index is 6.70. The summed E-state index contributed by atoms with van der Waals surface area (Å²) >= 11 is 2.42. The molecule has 0 atom stereocenters. The fraction of sp³-hybridized carbons (Fsp3) is 0. The van der Waals surface area contributed by atoms with Gasteiger partial charge in [-0.15, -0.1) is 0 Å². The van der Waals surface area contributed by atoms with E-state index in [9.17, 15) is 0 Å². The van der Waals surface area contributed by atoms with Crippen LogP contribution in [0.2, 0.25) is 0 Å². The first-order valence-corrected chi connectivity index (χ1v) is 20.3. The van der Waals surface area contributed by atoms with Crippen LogP contribution in [0.1, 0.15) is 0 Å². The van der Waals surface area contributed by atoms with E-state index in [4.69, 9.17) is 18.8 Å². The first-order chi connectivity index (χ1) is 28.7.